The van der Waals surface area contributed by atoms with E-state index in [2.05, 4.69) is 62.1 Å². The molecule has 3 rings (SSSR count). The first-order valence-corrected chi connectivity index (χ1v) is 9.49. The third kappa shape index (κ3) is 17.1. The molecule has 0 unspecified atom stereocenters. The van der Waals surface area contributed by atoms with Crippen molar-refractivity contribution in [2.24, 2.45) is 3.42 Å². The Labute approximate surface area is 175 Å². The van der Waals surface area contributed by atoms with Gasteiger partial charge in [0, 0.05) is 12.4 Å². The van der Waals surface area contributed by atoms with Gasteiger partial charge in [0.1, 0.15) is 0 Å². The van der Waals surface area contributed by atoms with E-state index in [1.807, 2.05) is 96.9 Å². The fourth-order valence-corrected chi connectivity index (χ4v) is 1.49. The summed E-state index contributed by atoms with van der Waals surface area (Å²) in [5.74, 6) is 0. The van der Waals surface area contributed by atoms with Crippen molar-refractivity contribution in [2.75, 3.05) is 0 Å². The largest absolute Gasteiger partial charge is 0.265 e. The van der Waals surface area contributed by atoms with Gasteiger partial charge in [0.15, 0.2) is 0 Å². The van der Waals surface area contributed by atoms with Gasteiger partial charge in [-0.15, -0.1) is 0 Å². The average Bonchev–Trinajstić information content (AvgIpc) is 3.33. The van der Waals surface area contributed by atoms with Gasteiger partial charge >= 0.3 is 50.0 Å². The molecule has 26 heavy (non-hydrogen) atoms. The molecular weight excluding hydrogens is 352 g/mol. The summed E-state index contributed by atoms with van der Waals surface area (Å²) < 4.78 is 4.02. The van der Waals surface area contributed by atoms with Crippen molar-refractivity contribution in [1.82, 2.24) is 4.98 Å². The minimum atomic E-state index is 0.167. The molecule has 0 amide bonds. The van der Waals surface area contributed by atoms with Crippen molar-refractivity contribution in [1.29, 1.82) is 0 Å². The zero-order valence-corrected chi connectivity index (χ0v) is 18.5. The van der Waals surface area contributed by atoms with Crippen LogP contribution in [0.4, 0.5) is 0 Å². The molecule has 0 spiro atoms. The summed E-state index contributed by atoms with van der Waals surface area (Å²) in [6, 6.07) is 4.11. The Morgan fingerprint density at radius 3 is 1.08 bits per heavy atom. The molecule has 1 aromatic heterocycles. The van der Waals surface area contributed by atoms with Gasteiger partial charge in [0.05, 0.1) is 0 Å². The van der Waals surface area contributed by atoms with Gasteiger partial charge in [-0.2, -0.15) is 0 Å². The predicted molar refractivity (Wildman–Crippen MR) is 108 cm³/mol. The maximum Gasteiger partial charge on any atom is 0.0270 e. The first-order valence-electron chi connectivity index (χ1n) is 8.79. The fourth-order valence-electron chi connectivity index (χ4n) is 1.49. The quantitative estimate of drug-likeness (QED) is 0.509. The Balaban J connectivity index is 0.000000338. The van der Waals surface area contributed by atoms with Crippen LogP contribution in [0.2, 0.25) is 0 Å². The molecule has 10 radical (unpaired) electrons. The number of aromatic nitrogens is 1. The molecule has 2 nitrogen and oxygen atoms in total. The normalized spacial score (nSPS) is 16.3. The van der Waals surface area contributed by atoms with Crippen LogP contribution in [0.3, 0.4) is 0 Å². The van der Waals surface area contributed by atoms with E-state index in [0.29, 0.717) is 0 Å². The average molecular weight is 384 g/mol. The minimum absolute atomic E-state index is 0.167. The van der Waals surface area contributed by atoms with Crippen molar-refractivity contribution >= 4 is 0 Å². The van der Waals surface area contributed by atoms with Gasteiger partial charge in [-0.3, -0.25) is 4.98 Å². The molecule has 3 heteroatoms. The smallest absolute Gasteiger partial charge is 0.0270 e. The van der Waals surface area contributed by atoms with Crippen LogP contribution < -0.4 is 0 Å². The van der Waals surface area contributed by atoms with E-state index in [4.69, 9.17) is 0 Å². The Bertz CT molecular complexity index is 410. The zero-order valence-electron chi connectivity index (χ0n) is 17.0. The third-order valence-electron chi connectivity index (χ3n) is 2.99. The van der Waals surface area contributed by atoms with Gasteiger partial charge in [0.2, 0.25) is 0 Å². The summed E-state index contributed by atoms with van der Waals surface area (Å²) in [5, 5.41) is 0. The van der Waals surface area contributed by atoms with Crippen molar-refractivity contribution < 1.29 is 20.3 Å². The van der Waals surface area contributed by atoms with Crippen molar-refractivity contribution in [3.05, 3.63) is 94.3 Å². The summed E-state index contributed by atoms with van der Waals surface area (Å²) >= 11 is 1.83. The van der Waals surface area contributed by atoms with Gasteiger partial charge in [-0.25, -0.2) is 0 Å². The number of pyridine rings is 1. The summed E-state index contributed by atoms with van der Waals surface area (Å²) in [6.07, 6.45) is 23.7. The van der Waals surface area contributed by atoms with Crippen LogP contribution in [-0.2, 0) is 25.7 Å². The molecule has 2 aliphatic rings. The molecule has 0 N–H and O–H groups in total. The standard InChI is InChI=1S/C9H13N.2C5H5.C4H9N.Ti/c1-9(2,3)8-4-6-10-7-5-8;2*1-2-4-5-3-1;1-4(2,3)5;/h4-7H,1-3H3;2*1-5H;1-3H3;/q;;;;+2. The molecular formula is C23H32N2Ti+2. The van der Waals surface area contributed by atoms with Crippen LogP contribution in [0.5, 0.6) is 0 Å². The Morgan fingerprint density at radius 2 is 0.923 bits per heavy atom. The first kappa shape index (κ1) is 25.7. The Hall–Kier alpha value is -0.336. The molecule has 1 aromatic rings. The van der Waals surface area contributed by atoms with Gasteiger partial charge in [-0.1, -0.05) is 20.8 Å². The van der Waals surface area contributed by atoms with E-state index in [-0.39, 0.29) is 11.0 Å². The first-order chi connectivity index (χ1) is 12.2. The van der Waals surface area contributed by atoms with E-state index >= 15 is 0 Å². The Kier molecular flexibility index (Phi) is 14.5. The number of nitrogens with zero attached hydrogens (tertiary/aromatic N) is 2. The van der Waals surface area contributed by atoms with Gasteiger partial charge in [0.25, 0.3) is 0 Å². The zero-order chi connectivity index (χ0) is 19.9. The summed E-state index contributed by atoms with van der Waals surface area (Å²) in [7, 11) is 0. The van der Waals surface area contributed by atoms with Crippen LogP contribution >= 0.6 is 0 Å². The molecule has 0 saturated heterocycles. The second-order valence-electron chi connectivity index (χ2n) is 7.69. The molecule has 2 aliphatic carbocycles. The van der Waals surface area contributed by atoms with Crippen LogP contribution in [-0.4, -0.2) is 10.5 Å². The molecule has 1 heterocycles. The molecule has 0 bridgehead atoms. The fraction of sp³-hybridized carbons (Fsp3) is 0.348. The summed E-state index contributed by atoms with van der Waals surface area (Å²) in [4.78, 5) is 3.96. The van der Waals surface area contributed by atoms with E-state index < -0.39 is 0 Å². The molecule has 2 saturated carbocycles. The van der Waals surface area contributed by atoms with E-state index in [0.717, 1.165) is 0 Å². The van der Waals surface area contributed by atoms with Crippen molar-refractivity contribution in [2.45, 2.75) is 52.5 Å². The predicted octanol–water partition coefficient (Wildman–Crippen LogP) is 5.94. The number of hydrogen-bond acceptors (Lipinski definition) is 2. The monoisotopic (exact) mass is 384 g/mol. The van der Waals surface area contributed by atoms with Gasteiger partial charge < -0.3 is 0 Å². The van der Waals surface area contributed by atoms with Gasteiger partial charge in [-0.05, 0) is 87.3 Å². The third-order valence-corrected chi connectivity index (χ3v) is 4.04. The summed E-state index contributed by atoms with van der Waals surface area (Å²) in [6.45, 7) is 12.8. The van der Waals surface area contributed by atoms with Crippen LogP contribution in [0, 0.1) is 64.2 Å². The van der Waals surface area contributed by atoms with E-state index in [9.17, 15) is 0 Å². The van der Waals surface area contributed by atoms with Crippen LogP contribution in [0.15, 0.2) is 27.9 Å². The van der Waals surface area contributed by atoms with Crippen LogP contribution in [0.1, 0.15) is 47.1 Å². The summed E-state index contributed by atoms with van der Waals surface area (Å²) in [5.41, 5.74) is 1.76. The Morgan fingerprint density at radius 1 is 0.654 bits per heavy atom. The molecule has 0 atom stereocenters. The minimum Gasteiger partial charge on any atom is -0.265 e. The molecule has 2 fully saturated rings. The second-order valence-corrected chi connectivity index (χ2v) is 8.04. The maximum absolute atomic E-state index is 4.02. The SMILES string of the molecule is CC(C)(C)[N]=[Ti+2].CC(C)(C)c1ccncc1.[CH]1[CH][CH][CH][CH]1.[CH]1[CH][CH][CH][CH]1. The topological polar surface area (TPSA) is 25.2 Å². The number of rotatable bonds is 0. The molecule has 0 aliphatic heterocycles. The number of hydrogen-bond donors (Lipinski definition) is 0. The van der Waals surface area contributed by atoms with Crippen LogP contribution in [0.25, 0.3) is 0 Å². The maximum atomic E-state index is 4.02. The van der Waals surface area contributed by atoms with Crippen molar-refractivity contribution in [3.63, 3.8) is 0 Å². The molecule has 136 valence electrons. The van der Waals surface area contributed by atoms with Crippen molar-refractivity contribution in [3.8, 4) is 0 Å². The van der Waals surface area contributed by atoms with E-state index in [1.165, 1.54) is 5.56 Å². The molecule has 0 aromatic carbocycles. The van der Waals surface area contributed by atoms with E-state index in [1.54, 1.807) is 0 Å². The second kappa shape index (κ2) is 14.7.